The Labute approximate surface area is 159 Å². The highest BCUT2D eigenvalue weighted by Gasteiger charge is 2.13. The highest BCUT2D eigenvalue weighted by Crippen LogP contribution is 2.32. The second-order valence-electron chi connectivity index (χ2n) is 6.55. The standard InChI is InChI=1S/C22H24N4O/c1-15-8-10-18(11-9-15)21-20(19-7-5-4-6-16(19)2)14-25-22(26-21)24-13-12-23-17(3)27/h4-11,14H,12-13H2,1-3H3,(H,23,27)(H,24,25,26). The van der Waals surface area contributed by atoms with Gasteiger partial charge >= 0.3 is 0 Å². The number of aromatic nitrogens is 2. The highest BCUT2D eigenvalue weighted by atomic mass is 16.1. The van der Waals surface area contributed by atoms with Gasteiger partial charge in [0.15, 0.2) is 0 Å². The third-order valence-corrected chi connectivity index (χ3v) is 4.33. The first-order chi connectivity index (χ1) is 13.0. The minimum Gasteiger partial charge on any atom is -0.355 e. The van der Waals surface area contributed by atoms with E-state index in [-0.39, 0.29) is 5.91 Å². The van der Waals surface area contributed by atoms with Gasteiger partial charge in [0.1, 0.15) is 0 Å². The lowest BCUT2D eigenvalue weighted by atomic mass is 9.97. The maximum atomic E-state index is 11.0. The number of nitrogens with one attached hydrogen (secondary N) is 2. The van der Waals surface area contributed by atoms with E-state index in [1.807, 2.05) is 18.3 Å². The van der Waals surface area contributed by atoms with Crippen molar-refractivity contribution in [2.45, 2.75) is 20.8 Å². The van der Waals surface area contributed by atoms with Crippen LogP contribution in [-0.4, -0.2) is 29.0 Å². The topological polar surface area (TPSA) is 66.9 Å². The van der Waals surface area contributed by atoms with E-state index in [1.165, 1.54) is 18.1 Å². The number of carbonyl (C=O) groups is 1. The van der Waals surface area contributed by atoms with Crippen LogP contribution in [0.1, 0.15) is 18.1 Å². The van der Waals surface area contributed by atoms with Gasteiger partial charge in [-0.2, -0.15) is 0 Å². The second-order valence-corrected chi connectivity index (χ2v) is 6.55. The summed E-state index contributed by atoms with van der Waals surface area (Å²) in [5.74, 6) is 0.501. The minimum absolute atomic E-state index is 0.0482. The molecule has 5 nitrogen and oxygen atoms in total. The molecule has 138 valence electrons. The summed E-state index contributed by atoms with van der Waals surface area (Å²) in [5.41, 5.74) is 6.45. The molecule has 2 N–H and O–H groups in total. The van der Waals surface area contributed by atoms with Crippen molar-refractivity contribution >= 4 is 11.9 Å². The van der Waals surface area contributed by atoms with Gasteiger partial charge in [-0.15, -0.1) is 0 Å². The molecule has 0 aliphatic heterocycles. The smallest absolute Gasteiger partial charge is 0.223 e. The van der Waals surface area contributed by atoms with Crippen molar-refractivity contribution in [3.8, 4) is 22.4 Å². The summed E-state index contributed by atoms with van der Waals surface area (Å²) >= 11 is 0. The number of nitrogens with zero attached hydrogens (tertiary/aromatic N) is 2. The lowest BCUT2D eigenvalue weighted by molar-refractivity contribution is -0.118. The summed E-state index contributed by atoms with van der Waals surface area (Å²) in [6.45, 7) is 6.76. The zero-order chi connectivity index (χ0) is 19.2. The molecule has 0 aliphatic carbocycles. The van der Waals surface area contributed by atoms with E-state index in [9.17, 15) is 4.79 Å². The number of amides is 1. The molecule has 5 heteroatoms. The molecule has 2 aromatic carbocycles. The molecule has 0 unspecified atom stereocenters. The largest absolute Gasteiger partial charge is 0.355 e. The van der Waals surface area contributed by atoms with Crippen LogP contribution in [0.4, 0.5) is 5.95 Å². The highest BCUT2D eigenvalue weighted by molar-refractivity contribution is 5.82. The van der Waals surface area contributed by atoms with E-state index in [0.29, 0.717) is 19.0 Å². The number of carbonyl (C=O) groups excluding carboxylic acids is 1. The average molecular weight is 360 g/mol. The molecule has 0 aliphatic rings. The molecule has 3 rings (SSSR count). The van der Waals surface area contributed by atoms with Gasteiger partial charge in [-0.25, -0.2) is 9.97 Å². The van der Waals surface area contributed by atoms with Gasteiger partial charge in [-0.1, -0.05) is 54.1 Å². The first kappa shape index (κ1) is 18.6. The Hall–Kier alpha value is -3.21. The van der Waals surface area contributed by atoms with Crippen molar-refractivity contribution in [3.63, 3.8) is 0 Å². The minimum atomic E-state index is -0.0482. The third-order valence-electron chi connectivity index (χ3n) is 4.33. The molecule has 0 saturated carbocycles. The quantitative estimate of drug-likeness (QED) is 0.653. The fraction of sp³-hybridized carbons (Fsp3) is 0.227. The van der Waals surface area contributed by atoms with Crippen molar-refractivity contribution in [1.82, 2.24) is 15.3 Å². The van der Waals surface area contributed by atoms with E-state index in [0.717, 1.165) is 22.4 Å². The zero-order valence-corrected chi connectivity index (χ0v) is 15.9. The number of hydrogen-bond acceptors (Lipinski definition) is 4. The number of anilines is 1. The Balaban J connectivity index is 1.97. The zero-order valence-electron chi connectivity index (χ0n) is 15.9. The molecule has 0 spiro atoms. The summed E-state index contributed by atoms with van der Waals surface area (Å²) in [6.07, 6.45) is 1.87. The maximum absolute atomic E-state index is 11.0. The van der Waals surface area contributed by atoms with Crippen LogP contribution < -0.4 is 10.6 Å². The Kier molecular flexibility index (Phi) is 5.81. The van der Waals surface area contributed by atoms with Gasteiger partial charge in [0, 0.05) is 37.3 Å². The van der Waals surface area contributed by atoms with Crippen molar-refractivity contribution in [1.29, 1.82) is 0 Å². The van der Waals surface area contributed by atoms with Crippen LogP contribution in [0.25, 0.3) is 22.4 Å². The normalized spacial score (nSPS) is 10.5. The van der Waals surface area contributed by atoms with Gasteiger partial charge in [-0.05, 0) is 25.0 Å². The van der Waals surface area contributed by atoms with Gasteiger partial charge in [0.2, 0.25) is 11.9 Å². The predicted molar refractivity (Wildman–Crippen MR) is 110 cm³/mol. The van der Waals surface area contributed by atoms with Gasteiger partial charge in [-0.3, -0.25) is 4.79 Å². The van der Waals surface area contributed by atoms with Crippen molar-refractivity contribution in [2.24, 2.45) is 0 Å². The van der Waals surface area contributed by atoms with Gasteiger partial charge < -0.3 is 10.6 Å². The van der Waals surface area contributed by atoms with Crippen LogP contribution in [0, 0.1) is 13.8 Å². The monoisotopic (exact) mass is 360 g/mol. The van der Waals surface area contributed by atoms with Crippen LogP contribution in [0.3, 0.4) is 0 Å². The van der Waals surface area contributed by atoms with E-state index >= 15 is 0 Å². The fourth-order valence-electron chi connectivity index (χ4n) is 2.88. The summed E-state index contributed by atoms with van der Waals surface area (Å²) < 4.78 is 0. The Morgan fingerprint density at radius 2 is 1.70 bits per heavy atom. The number of benzene rings is 2. The summed E-state index contributed by atoms with van der Waals surface area (Å²) in [6, 6.07) is 16.6. The predicted octanol–water partition coefficient (Wildman–Crippen LogP) is 3.98. The first-order valence-corrected chi connectivity index (χ1v) is 9.03. The summed E-state index contributed by atoms with van der Waals surface area (Å²) in [5, 5.41) is 5.93. The van der Waals surface area contributed by atoms with E-state index in [2.05, 4.69) is 65.9 Å². The van der Waals surface area contributed by atoms with Gasteiger partial charge in [0.05, 0.1) is 5.69 Å². The number of hydrogen-bond donors (Lipinski definition) is 2. The molecule has 27 heavy (non-hydrogen) atoms. The molecular weight excluding hydrogens is 336 g/mol. The molecule has 0 saturated heterocycles. The first-order valence-electron chi connectivity index (χ1n) is 9.03. The lowest BCUT2D eigenvalue weighted by Gasteiger charge is -2.14. The Morgan fingerprint density at radius 1 is 0.963 bits per heavy atom. The molecule has 0 radical (unpaired) electrons. The second kappa shape index (κ2) is 8.45. The molecule has 0 fully saturated rings. The number of aryl methyl sites for hydroxylation is 2. The van der Waals surface area contributed by atoms with E-state index in [1.54, 1.807) is 0 Å². The molecule has 0 atom stereocenters. The van der Waals surface area contributed by atoms with Crippen LogP contribution in [-0.2, 0) is 4.79 Å². The van der Waals surface area contributed by atoms with E-state index < -0.39 is 0 Å². The molecule has 1 amide bonds. The molecular formula is C22H24N4O. The SMILES string of the molecule is CC(=O)NCCNc1ncc(-c2ccccc2C)c(-c2ccc(C)cc2)n1. The molecule has 0 bridgehead atoms. The van der Waals surface area contributed by atoms with E-state index in [4.69, 9.17) is 4.98 Å². The average Bonchev–Trinajstić information content (AvgIpc) is 2.66. The molecule has 3 aromatic rings. The Morgan fingerprint density at radius 3 is 2.41 bits per heavy atom. The van der Waals surface area contributed by atoms with Crippen LogP contribution in [0.15, 0.2) is 54.7 Å². The molecule has 1 heterocycles. The van der Waals surface area contributed by atoms with Crippen molar-refractivity contribution < 1.29 is 4.79 Å². The Bertz CT molecular complexity index is 935. The molecule has 1 aromatic heterocycles. The van der Waals surface area contributed by atoms with Crippen molar-refractivity contribution in [2.75, 3.05) is 18.4 Å². The third kappa shape index (κ3) is 4.70. The van der Waals surface area contributed by atoms with Crippen LogP contribution in [0.2, 0.25) is 0 Å². The van der Waals surface area contributed by atoms with Gasteiger partial charge in [0.25, 0.3) is 0 Å². The summed E-state index contributed by atoms with van der Waals surface area (Å²) in [7, 11) is 0. The number of rotatable bonds is 6. The van der Waals surface area contributed by atoms with Crippen molar-refractivity contribution in [3.05, 3.63) is 65.9 Å². The van der Waals surface area contributed by atoms with Crippen LogP contribution >= 0.6 is 0 Å². The summed E-state index contributed by atoms with van der Waals surface area (Å²) in [4.78, 5) is 20.2. The maximum Gasteiger partial charge on any atom is 0.223 e. The lowest BCUT2D eigenvalue weighted by Crippen LogP contribution is -2.26. The fourth-order valence-corrected chi connectivity index (χ4v) is 2.88. The van der Waals surface area contributed by atoms with Crippen LogP contribution in [0.5, 0.6) is 0 Å².